The predicted molar refractivity (Wildman–Crippen MR) is 74.8 cm³/mol. The zero-order chi connectivity index (χ0) is 12.3. The molecule has 90 valence electrons. The van der Waals surface area contributed by atoms with E-state index in [1.807, 2.05) is 18.2 Å². The van der Waals surface area contributed by atoms with E-state index in [4.69, 9.17) is 4.74 Å². The summed E-state index contributed by atoms with van der Waals surface area (Å²) in [5, 5.41) is 4.47. The molecule has 1 N–H and O–H groups in total. The van der Waals surface area contributed by atoms with E-state index >= 15 is 0 Å². The van der Waals surface area contributed by atoms with Crippen LogP contribution in [0.3, 0.4) is 0 Å². The quantitative estimate of drug-likeness (QED) is 0.931. The smallest absolute Gasteiger partial charge is 0.145 e. The topological polar surface area (TPSA) is 34.2 Å². The number of ether oxygens (including phenoxy) is 1. The van der Waals surface area contributed by atoms with Crippen LogP contribution in [0, 0.1) is 0 Å². The van der Waals surface area contributed by atoms with Crippen LogP contribution < -0.4 is 10.1 Å². The second kappa shape index (κ2) is 5.36. The van der Waals surface area contributed by atoms with Gasteiger partial charge in [-0.2, -0.15) is 0 Å². The monoisotopic (exact) mass is 294 g/mol. The van der Waals surface area contributed by atoms with Gasteiger partial charge in [0.05, 0.1) is 7.11 Å². The number of fused-ring (bicyclic) bond motifs is 1. The van der Waals surface area contributed by atoms with Crippen LogP contribution in [0.5, 0.6) is 5.75 Å². The molecule has 0 aliphatic carbocycles. The summed E-state index contributed by atoms with van der Waals surface area (Å²) in [7, 11) is 1.66. The number of hydrogen-bond donors (Lipinski definition) is 1. The summed E-state index contributed by atoms with van der Waals surface area (Å²) in [5.74, 6) is 0.795. The lowest BCUT2D eigenvalue weighted by atomic mass is 10.1. The van der Waals surface area contributed by atoms with E-state index in [9.17, 15) is 0 Å². The van der Waals surface area contributed by atoms with Crippen molar-refractivity contribution in [1.82, 2.24) is 4.98 Å². The normalized spacial score (nSPS) is 10.5. The van der Waals surface area contributed by atoms with Crippen LogP contribution in [0.25, 0.3) is 10.9 Å². The molecule has 17 heavy (non-hydrogen) atoms. The maximum atomic E-state index is 5.33. The van der Waals surface area contributed by atoms with Gasteiger partial charge < -0.3 is 10.1 Å². The average molecular weight is 295 g/mol. The van der Waals surface area contributed by atoms with Gasteiger partial charge in [-0.3, -0.25) is 4.98 Å². The van der Waals surface area contributed by atoms with E-state index in [0.29, 0.717) is 0 Å². The first-order valence-corrected chi connectivity index (χ1v) is 6.42. The Morgan fingerprint density at radius 2 is 2.18 bits per heavy atom. The Hall–Kier alpha value is -1.29. The van der Waals surface area contributed by atoms with Crippen molar-refractivity contribution in [2.24, 2.45) is 0 Å². The maximum absolute atomic E-state index is 5.33. The number of nitrogens with zero attached hydrogens (tertiary/aromatic N) is 1. The van der Waals surface area contributed by atoms with Gasteiger partial charge in [-0.25, -0.2) is 0 Å². The number of rotatable bonds is 4. The fourth-order valence-corrected chi connectivity index (χ4v) is 2.31. The van der Waals surface area contributed by atoms with Crippen molar-refractivity contribution < 1.29 is 4.74 Å². The second-order valence-electron chi connectivity index (χ2n) is 3.76. The first-order chi connectivity index (χ1) is 8.27. The minimum atomic E-state index is 0.795. The van der Waals surface area contributed by atoms with Crippen molar-refractivity contribution >= 4 is 32.5 Å². The van der Waals surface area contributed by atoms with Gasteiger partial charge in [0, 0.05) is 28.3 Å². The minimum absolute atomic E-state index is 0.795. The zero-order valence-electron chi connectivity index (χ0n) is 9.96. The molecule has 0 radical (unpaired) electrons. The van der Waals surface area contributed by atoms with Crippen molar-refractivity contribution in [3.05, 3.63) is 28.9 Å². The number of aromatic nitrogens is 1. The Morgan fingerprint density at radius 1 is 1.35 bits per heavy atom. The third-order valence-electron chi connectivity index (χ3n) is 2.59. The molecule has 0 unspecified atom stereocenters. The number of nitrogens with one attached hydrogen (secondary N) is 1. The zero-order valence-corrected chi connectivity index (χ0v) is 11.5. The Morgan fingerprint density at radius 3 is 2.88 bits per heavy atom. The van der Waals surface area contributed by atoms with E-state index < -0.39 is 0 Å². The van der Waals surface area contributed by atoms with E-state index in [2.05, 4.69) is 33.2 Å². The molecule has 4 heteroatoms. The molecule has 0 atom stereocenters. The molecule has 3 nitrogen and oxygen atoms in total. The van der Waals surface area contributed by atoms with Crippen molar-refractivity contribution in [1.29, 1.82) is 0 Å². The van der Waals surface area contributed by atoms with Crippen LogP contribution in [0.4, 0.5) is 5.69 Å². The molecule has 1 aromatic carbocycles. The average Bonchev–Trinajstić information content (AvgIpc) is 2.36. The summed E-state index contributed by atoms with van der Waals surface area (Å²) in [5.41, 5.74) is 1.96. The van der Waals surface area contributed by atoms with Crippen LogP contribution in [0.2, 0.25) is 0 Å². The van der Waals surface area contributed by atoms with E-state index in [0.717, 1.165) is 39.8 Å². The summed E-state index contributed by atoms with van der Waals surface area (Å²) in [4.78, 5) is 4.39. The van der Waals surface area contributed by atoms with Gasteiger partial charge in [-0.1, -0.05) is 22.9 Å². The Bertz CT molecular complexity index is 528. The highest BCUT2D eigenvalue weighted by molar-refractivity contribution is 9.10. The number of pyridine rings is 1. The molecule has 0 fully saturated rings. The molecule has 0 amide bonds. The minimum Gasteiger partial charge on any atom is -0.494 e. The Balaban J connectivity index is 2.61. The molecule has 1 heterocycles. The Kier molecular flexibility index (Phi) is 3.84. The molecule has 0 saturated heterocycles. The van der Waals surface area contributed by atoms with E-state index in [1.54, 1.807) is 13.3 Å². The highest BCUT2D eigenvalue weighted by Crippen LogP contribution is 2.34. The lowest BCUT2D eigenvalue weighted by Crippen LogP contribution is -2.01. The van der Waals surface area contributed by atoms with E-state index in [-0.39, 0.29) is 0 Å². The maximum Gasteiger partial charge on any atom is 0.145 e. The highest BCUT2D eigenvalue weighted by atomic mass is 79.9. The fraction of sp³-hybridized carbons (Fsp3) is 0.308. The summed E-state index contributed by atoms with van der Waals surface area (Å²) >= 11 is 3.57. The fourth-order valence-electron chi connectivity index (χ4n) is 1.77. The van der Waals surface area contributed by atoms with E-state index in [1.165, 1.54) is 0 Å². The molecule has 0 aliphatic rings. The molecule has 0 bridgehead atoms. The summed E-state index contributed by atoms with van der Waals surface area (Å²) in [6.45, 7) is 3.09. The first kappa shape index (κ1) is 12.2. The number of halogens is 1. The molecule has 0 saturated carbocycles. The van der Waals surface area contributed by atoms with Gasteiger partial charge in [0.1, 0.15) is 11.3 Å². The van der Waals surface area contributed by atoms with Crippen molar-refractivity contribution in [2.75, 3.05) is 19.0 Å². The number of hydrogen-bond acceptors (Lipinski definition) is 3. The third kappa shape index (κ3) is 2.36. The van der Waals surface area contributed by atoms with Gasteiger partial charge in [0.2, 0.25) is 0 Å². The lowest BCUT2D eigenvalue weighted by molar-refractivity contribution is 0.419. The molecular formula is C13H15BrN2O. The standard InChI is InChI=1S/C13H15BrN2O/c1-3-7-15-10-6-8-16-13-11(17-2)5-4-9(14)12(10)13/h4-6,8H,3,7H2,1-2H3,(H,15,16). The van der Waals surface area contributed by atoms with Crippen molar-refractivity contribution in [2.45, 2.75) is 13.3 Å². The SMILES string of the molecule is CCCNc1ccnc2c(OC)ccc(Br)c12. The molecule has 0 aliphatic heterocycles. The van der Waals surface area contributed by atoms with Gasteiger partial charge in [0.25, 0.3) is 0 Å². The van der Waals surface area contributed by atoms with Crippen LogP contribution >= 0.6 is 15.9 Å². The summed E-state index contributed by atoms with van der Waals surface area (Å²) in [6, 6.07) is 5.89. The van der Waals surface area contributed by atoms with Crippen LogP contribution in [0.15, 0.2) is 28.9 Å². The van der Waals surface area contributed by atoms with Crippen LogP contribution in [-0.2, 0) is 0 Å². The largest absolute Gasteiger partial charge is 0.494 e. The van der Waals surface area contributed by atoms with Crippen molar-refractivity contribution in [3.63, 3.8) is 0 Å². The highest BCUT2D eigenvalue weighted by Gasteiger charge is 2.09. The summed E-state index contributed by atoms with van der Waals surface area (Å²) in [6.07, 6.45) is 2.89. The molecule has 2 rings (SSSR count). The van der Waals surface area contributed by atoms with Crippen molar-refractivity contribution in [3.8, 4) is 5.75 Å². The molecular weight excluding hydrogens is 280 g/mol. The van der Waals surface area contributed by atoms with Gasteiger partial charge >= 0.3 is 0 Å². The molecule has 0 spiro atoms. The lowest BCUT2D eigenvalue weighted by Gasteiger charge is -2.12. The van der Waals surface area contributed by atoms with Crippen LogP contribution in [0.1, 0.15) is 13.3 Å². The predicted octanol–water partition coefficient (Wildman–Crippen LogP) is 3.83. The number of methoxy groups -OCH3 is 1. The molecule has 1 aromatic heterocycles. The first-order valence-electron chi connectivity index (χ1n) is 5.63. The third-order valence-corrected chi connectivity index (χ3v) is 3.25. The van der Waals surface area contributed by atoms with Gasteiger partial charge in [0.15, 0.2) is 0 Å². The van der Waals surface area contributed by atoms with Gasteiger partial charge in [-0.05, 0) is 24.6 Å². The van der Waals surface area contributed by atoms with Gasteiger partial charge in [-0.15, -0.1) is 0 Å². The molecule has 2 aromatic rings. The number of benzene rings is 1. The Labute approximate surface area is 109 Å². The number of anilines is 1. The second-order valence-corrected chi connectivity index (χ2v) is 4.61. The van der Waals surface area contributed by atoms with Crippen LogP contribution in [-0.4, -0.2) is 18.6 Å². The summed E-state index contributed by atoms with van der Waals surface area (Å²) < 4.78 is 6.36.